The maximum atomic E-state index is 11.3. The van der Waals surface area contributed by atoms with Crippen molar-refractivity contribution in [3.63, 3.8) is 0 Å². The number of carbonyl (C=O) groups excluding carboxylic acids is 1. The minimum absolute atomic E-state index is 0.457. The van der Waals surface area contributed by atoms with Crippen molar-refractivity contribution in [3.05, 3.63) is 0 Å². The van der Waals surface area contributed by atoms with E-state index in [0.717, 1.165) is 38.7 Å². The fourth-order valence-corrected chi connectivity index (χ4v) is 1.51. The van der Waals surface area contributed by atoms with Gasteiger partial charge in [-0.2, -0.15) is 0 Å². The molecule has 0 bridgehead atoms. The van der Waals surface area contributed by atoms with Crippen molar-refractivity contribution in [2.24, 2.45) is 5.92 Å². The largest absolute Gasteiger partial charge is 0.385 e. The molecule has 0 spiro atoms. The molecule has 0 aromatic carbocycles. The summed E-state index contributed by atoms with van der Waals surface area (Å²) in [5.41, 5.74) is 0. The molecule has 13 heavy (non-hydrogen) atoms. The van der Waals surface area contributed by atoms with Gasteiger partial charge in [0, 0.05) is 26.1 Å². The fraction of sp³-hybridized carbons (Fsp3) is 0.909. The molecule has 2 heteroatoms. The predicted octanol–water partition coefficient (Wildman–Crippen LogP) is 2.56. The molecule has 1 aliphatic carbocycles. The van der Waals surface area contributed by atoms with Crippen LogP contribution in [-0.4, -0.2) is 19.5 Å². The maximum absolute atomic E-state index is 11.3. The van der Waals surface area contributed by atoms with E-state index in [-0.39, 0.29) is 0 Å². The highest BCUT2D eigenvalue weighted by Gasteiger charge is 2.28. The number of ketones is 1. The number of hydrogen-bond acceptors (Lipinski definition) is 2. The van der Waals surface area contributed by atoms with Crippen LogP contribution in [0.5, 0.6) is 0 Å². The Balaban J connectivity index is 1.80. The third-order valence-corrected chi connectivity index (χ3v) is 2.55. The van der Waals surface area contributed by atoms with Gasteiger partial charge in [-0.3, -0.25) is 4.79 Å². The van der Waals surface area contributed by atoms with Crippen molar-refractivity contribution in [1.82, 2.24) is 0 Å². The number of methoxy groups -OCH3 is 1. The Bertz CT molecular complexity index is 150. The maximum Gasteiger partial charge on any atom is 0.135 e. The quantitative estimate of drug-likeness (QED) is 0.542. The lowest BCUT2D eigenvalue weighted by molar-refractivity contribution is -0.120. The van der Waals surface area contributed by atoms with Crippen molar-refractivity contribution in [3.8, 4) is 0 Å². The zero-order valence-electron chi connectivity index (χ0n) is 8.55. The molecule has 0 heterocycles. The Hall–Kier alpha value is -0.370. The minimum Gasteiger partial charge on any atom is -0.385 e. The Kier molecular flexibility index (Phi) is 5.06. The first kappa shape index (κ1) is 10.7. The summed E-state index contributed by atoms with van der Waals surface area (Å²) in [6.07, 6.45) is 7.73. The van der Waals surface area contributed by atoms with Crippen molar-refractivity contribution >= 4 is 5.78 Å². The lowest BCUT2D eigenvalue weighted by Crippen LogP contribution is -1.99. The number of hydrogen-bond donors (Lipinski definition) is 0. The van der Waals surface area contributed by atoms with Crippen molar-refractivity contribution in [1.29, 1.82) is 0 Å². The van der Waals surface area contributed by atoms with Crippen LogP contribution in [0.4, 0.5) is 0 Å². The number of rotatable bonds is 8. The van der Waals surface area contributed by atoms with Gasteiger partial charge in [-0.15, -0.1) is 0 Å². The second-order valence-corrected chi connectivity index (χ2v) is 3.90. The molecule has 0 aromatic heterocycles. The van der Waals surface area contributed by atoms with E-state index in [2.05, 4.69) is 0 Å². The van der Waals surface area contributed by atoms with Crippen molar-refractivity contribution < 1.29 is 9.53 Å². The Morgan fingerprint density at radius 2 is 1.92 bits per heavy atom. The van der Waals surface area contributed by atoms with Crippen LogP contribution < -0.4 is 0 Å². The van der Waals surface area contributed by atoms with E-state index in [0.29, 0.717) is 11.7 Å². The summed E-state index contributed by atoms with van der Waals surface area (Å²) >= 11 is 0. The van der Waals surface area contributed by atoms with E-state index in [1.807, 2.05) is 0 Å². The highest BCUT2D eigenvalue weighted by molar-refractivity contribution is 5.82. The third kappa shape index (κ3) is 5.04. The zero-order chi connectivity index (χ0) is 9.52. The van der Waals surface area contributed by atoms with Crippen LogP contribution in [0.25, 0.3) is 0 Å². The van der Waals surface area contributed by atoms with E-state index in [4.69, 9.17) is 4.74 Å². The van der Waals surface area contributed by atoms with Gasteiger partial charge in [0.15, 0.2) is 0 Å². The molecule has 1 fully saturated rings. The average Bonchev–Trinajstić information content (AvgIpc) is 2.93. The molecule has 0 radical (unpaired) electrons. The van der Waals surface area contributed by atoms with Gasteiger partial charge in [0.2, 0.25) is 0 Å². The van der Waals surface area contributed by atoms with Crippen LogP contribution in [0.1, 0.15) is 44.9 Å². The second kappa shape index (κ2) is 6.14. The smallest absolute Gasteiger partial charge is 0.135 e. The van der Waals surface area contributed by atoms with Gasteiger partial charge in [-0.25, -0.2) is 0 Å². The normalized spacial score (nSPS) is 16.1. The van der Waals surface area contributed by atoms with Crippen LogP contribution >= 0.6 is 0 Å². The molecular weight excluding hydrogens is 164 g/mol. The molecule has 0 aliphatic heterocycles. The van der Waals surface area contributed by atoms with Crippen LogP contribution in [-0.2, 0) is 9.53 Å². The van der Waals surface area contributed by atoms with Gasteiger partial charge in [-0.05, 0) is 25.7 Å². The highest BCUT2D eigenvalue weighted by atomic mass is 16.5. The molecule has 0 atom stereocenters. The SMILES string of the molecule is COCCCCCCC(=O)C1CC1. The summed E-state index contributed by atoms with van der Waals surface area (Å²) in [6.45, 7) is 0.858. The molecule has 76 valence electrons. The summed E-state index contributed by atoms with van der Waals surface area (Å²) in [6, 6.07) is 0. The van der Waals surface area contributed by atoms with Gasteiger partial charge >= 0.3 is 0 Å². The van der Waals surface area contributed by atoms with Gasteiger partial charge in [0.25, 0.3) is 0 Å². The summed E-state index contributed by atoms with van der Waals surface area (Å²) in [4.78, 5) is 11.3. The van der Waals surface area contributed by atoms with E-state index in [1.165, 1.54) is 12.8 Å². The van der Waals surface area contributed by atoms with Crippen LogP contribution in [0.3, 0.4) is 0 Å². The molecule has 1 saturated carbocycles. The number of unbranched alkanes of at least 4 members (excludes halogenated alkanes) is 3. The third-order valence-electron chi connectivity index (χ3n) is 2.55. The van der Waals surface area contributed by atoms with Crippen LogP contribution in [0.2, 0.25) is 0 Å². The number of Topliss-reactive ketones (excluding diaryl/α,β-unsaturated/α-hetero) is 1. The first-order chi connectivity index (χ1) is 6.34. The van der Waals surface area contributed by atoms with Crippen molar-refractivity contribution in [2.45, 2.75) is 44.9 Å². The Morgan fingerprint density at radius 3 is 2.54 bits per heavy atom. The molecule has 0 N–H and O–H groups in total. The Labute approximate surface area is 80.7 Å². The monoisotopic (exact) mass is 184 g/mol. The van der Waals surface area contributed by atoms with Gasteiger partial charge < -0.3 is 4.74 Å². The highest BCUT2D eigenvalue weighted by Crippen LogP contribution is 2.31. The van der Waals surface area contributed by atoms with E-state index in [1.54, 1.807) is 7.11 Å². The summed E-state index contributed by atoms with van der Waals surface area (Å²) in [7, 11) is 1.73. The summed E-state index contributed by atoms with van der Waals surface area (Å²) in [5, 5.41) is 0. The topological polar surface area (TPSA) is 26.3 Å². The first-order valence-electron chi connectivity index (χ1n) is 5.36. The summed E-state index contributed by atoms with van der Waals surface area (Å²) in [5.74, 6) is 0.964. The van der Waals surface area contributed by atoms with E-state index >= 15 is 0 Å². The number of ether oxygens (including phenoxy) is 1. The molecule has 2 nitrogen and oxygen atoms in total. The van der Waals surface area contributed by atoms with Crippen LogP contribution in [0.15, 0.2) is 0 Å². The minimum atomic E-state index is 0.457. The Morgan fingerprint density at radius 1 is 1.23 bits per heavy atom. The molecule has 1 aliphatic rings. The zero-order valence-corrected chi connectivity index (χ0v) is 8.55. The molecule has 0 aromatic rings. The second-order valence-electron chi connectivity index (χ2n) is 3.90. The van der Waals surface area contributed by atoms with Crippen LogP contribution in [0, 0.1) is 5.92 Å². The molecule has 0 saturated heterocycles. The first-order valence-corrected chi connectivity index (χ1v) is 5.36. The van der Waals surface area contributed by atoms with Crippen molar-refractivity contribution in [2.75, 3.05) is 13.7 Å². The van der Waals surface area contributed by atoms with Gasteiger partial charge in [0.05, 0.1) is 0 Å². The summed E-state index contributed by atoms with van der Waals surface area (Å²) < 4.78 is 4.95. The fourth-order valence-electron chi connectivity index (χ4n) is 1.51. The lowest BCUT2D eigenvalue weighted by Gasteiger charge is -1.99. The molecule has 0 amide bonds. The molecular formula is C11H20O2. The van der Waals surface area contributed by atoms with Gasteiger partial charge in [-0.1, -0.05) is 12.8 Å². The number of carbonyl (C=O) groups is 1. The van der Waals surface area contributed by atoms with E-state index in [9.17, 15) is 4.79 Å². The molecule has 0 unspecified atom stereocenters. The average molecular weight is 184 g/mol. The predicted molar refractivity (Wildman–Crippen MR) is 52.7 cm³/mol. The van der Waals surface area contributed by atoms with E-state index < -0.39 is 0 Å². The lowest BCUT2D eigenvalue weighted by atomic mass is 10.1. The van der Waals surface area contributed by atoms with Gasteiger partial charge in [0.1, 0.15) is 5.78 Å². The molecule has 1 rings (SSSR count). The standard InChI is InChI=1S/C11H20O2/c1-13-9-5-3-2-4-6-11(12)10-7-8-10/h10H,2-9H2,1H3.